The summed E-state index contributed by atoms with van der Waals surface area (Å²) in [6, 6.07) is 12.4. The number of nitrogens with one attached hydrogen (secondary N) is 2. The zero-order valence-corrected chi connectivity index (χ0v) is 21.5. The van der Waals surface area contributed by atoms with Crippen LogP contribution < -0.4 is 14.8 Å². The van der Waals surface area contributed by atoms with Crippen LogP contribution in [0.3, 0.4) is 0 Å². The molecule has 1 fully saturated rings. The fraction of sp³-hybridized carbons (Fsp3) is 0.480. The van der Waals surface area contributed by atoms with Gasteiger partial charge in [0.25, 0.3) is 5.91 Å². The van der Waals surface area contributed by atoms with E-state index < -0.39 is 15.6 Å². The van der Waals surface area contributed by atoms with E-state index in [1.54, 1.807) is 44.9 Å². The van der Waals surface area contributed by atoms with Crippen molar-refractivity contribution < 1.29 is 17.9 Å². The second-order valence-electron chi connectivity index (χ2n) is 9.72. The van der Waals surface area contributed by atoms with Crippen molar-refractivity contribution in [1.29, 1.82) is 0 Å². The van der Waals surface area contributed by atoms with Crippen molar-refractivity contribution in [3.05, 3.63) is 53.6 Å². The molecule has 3 rings (SSSR count). The first-order valence-corrected chi connectivity index (χ1v) is 13.0. The van der Waals surface area contributed by atoms with Crippen molar-refractivity contribution >= 4 is 21.6 Å². The maximum absolute atomic E-state index is 13.4. The molecule has 2 N–H and O–H groups in total. The second-order valence-corrected chi connectivity index (χ2v) is 11.4. The van der Waals surface area contributed by atoms with Gasteiger partial charge in [0.15, 0.2) is 0 Å². The van der Waals surface area contributed by atoms with Crippen LogP contribution in [0, 0.1) is 0 Å². The lowest BCUT2D eigenvalue weighted by Gasteiger charge is -2.23. The normalized spacial score (nSPS) is 15.6. The number of hydrogen-bond donors (Lipinski definition) is 2. The van der Waals surface area contributed by atoms with Gasteiger partial charge in [-0.2, -0.15) is 0 Å². The fourth-order valence-electron chi connectivity index (χ4n) is 3.92. The average Bonchev–Trinajstić information content (AvgIpc) is 3.00. The second kappa shape index (κ2) is 10.8. The molecule has 0 saturated carbocycles. The van der Waals surface area contributed by atoms with E-state index in [2.05, 4.69) is 14.9 Å². The highest BCUT2D eigenvalue weighted by Crippen LogP contribution is 2.24. The van der Waals surface area contributed by atoms with E-state index in [4.69, 9.17) is 4.74 Å². The number of amides is 1. The van der Waals surface area contributed by atoms with Gasteiger partial charge in [0, 0.05) is 48.5 Å². The summed E-state index contributed by atoms with van der Waals surface area (Å²) >= 11 is 0. The zero-order chi connectivity index (χ0) is 24.9. The molecular formula is C25H36N4O4S. The molecular weight excluding hydrogens is 452 g/mol. The van der Waals surface area contributed by atoms with Gasteiger partial charge in [0.05, 0.1) is 12.0 Å². The smallest absolute Gasteiger partial charge is 0.254 e. The van der Waals surface area contributed by atoms with Gasteiger partial charge in [-0.05, 0) is 65.0 Å². The first-order valence-electron chi connectivity index (χ1n) is 11.5. The number of anilines is 1. The Balaban J connectivity index is 1.95. The lowest BCUT2D eigenvalue weighted by Crippen LogP contribution is -2.40. The van der Waals surface area contributed by atoms with Gasteiger partial charge < -0.3 is 19.9 Å². The first kappa shape index (κ1) is 26.0. The van der Waals surface area contributed by atoms with Crippen LogP contribution in [0.4, 0.5) is 5.69 Å². The van der Waals surface area contributed by atoms with Crippen LogP contribution in [0.15, 0.2) is 47.4 Å². The fourth-order valence-corrected chi connectivity index (χ4v) is 5.41. The molecule has 1 saturated heterocycles. The molecule has 0 atom stereocenters. The number of rotatable bonds is 7. The number of likely N-dealkylation sites (N-methyl/N-ethyl adjacent to an activating group) is 1. The van der Waals surface area contributed by atoms with Crippen LogP contribution >= 0.6 is 0 Å². The highest BCUT2D eigenvalue weighted by molar-refractivity contribution is 7.89. The van der Waals surface area contributed by atoms with Crippen molar-refractivity contribution in [2.24, 2.45) is 0 Å². The molecule has 2 aromatic rings. The minimum Gasteiger partial charge on any atom is -0.496 e. The van der Waals surface area contributed by atoms with Gasteiger partial charge >= 0.3 is 0 Å². The Morgan fingerprint density at radius 2 is 1.79 bits per heavy atom. The quantitative estimate of drug-likeness (QED) is 0.622. The molecule has 1 aliphatic rings. The summed E-state index contributed by atoms with van der Waals surface area (Å²) < 4.78 is 34.4. The number of carbonyl (C=O) groups excluding carboxylic acids is 1. The molecule has 186 valence electrons. The monoisotopic (exact) mass is 488 g/mol. The number of methoxy groups -OCH3 is 1. The van der Waals surface area contributed by atoms with Crippen molar-refractivity contribution in [2.45, 2.75) is 44.2 Å². The topological polar surface area (TPSA) is 91.0 Å². The molecule has 0 radical (unpaired) electrons. The van der Waals surface area contributed by atoms with Crippen LogP contribution in [0.1, 0.15) is 43.1 Å². The third kappa shape index (κ3) is 6.94. The SMILES string of the molecule is COc1ccccc1CNc1cc(C(=O)N2CCCN(C)CC2)cc(S(=O)(=O)NC(C)(C)C)c1. The summed E-state index contributed by atoms with van der Waals surface area (Å²) in [5.74, 6) is 0.571. The van der Waals surface area contributed by atoms with Gasteiger partial charge in [0.1, 0.15) is 5.75 Å². The summed E-state index contributed by atoms with van der Waals surface area (Å²) in [6.07, 6.45) is 0.880. The standard InChI is InChI=1S/C25H36N4O4S/c1-25(2,3)27-34(31,32)22-16-20(24(30)29-12-8-11-28(4)13-14-29)15-21(17-22)26-18-19-9-6-7-10-23(19)33-5/h6-7,9-10,15-17,26-27H,8,11-14,18H2,1-5H3. The summed E-state index contributed by atoms with van der Waals surface area (Å²) in [5, 5.41) is 3.28. The van der Waals surface area contributed by atoms with E-state index in [0.717, 1.165) is 30.8 Å². The minimum atomic E-state index is -3.83. The third-order valence-electron chi connectivity index (χ3n) is 5.59. The van der Waals surface area contributed by atoms with E-state index in [1.807, 2.05) is 31.3 Å². The van der Waals surface area contributed by atoms with Crippen LogP contribution in [0.25, 0.3) is 0 Å². The molecule has 1 heterocycles. The number of benzene rings is 2. The highest BCUT2D eigenvalue weighted by Gasteiger charge is 2.26. The summed E-state index contributed by atoms with van der Waals surface area (Å²) in [6.45, 7) is 8.74. The Morgan fingerprint density at radius 3 is 2.50 bits per heavy atom. The predicted octanol–water partition coefficient (Wildman–Crippen LogP) is 3.16. The number of carbonyl (C=O) groups is 1. The van der Waals surface area contributed by atoms with E-state index in [-0.39, 0.29) is 10.8 Å². The van der Waals surface area contributed by atoms with Crippen LogP contribution in [-0.4, -0.2) is 70.0 Å². The van der Waals surface area contributed by atoms with Crippen molar-refractivity contribution in [3.8, 4) is 5.75 Å². The first-order chi connectivity index (χ1) is 16.0. The molecule has 0 bridgehead atoms. The molecule has 1 aliphatic heterocycles. The Morgan fingerprint density at radius 1 is 1.06 bits per heavy atom. The summed E-state index contributed by atoms with van der Waals surface area (Å²) in [4.78, 5) is 17.5. The molecule has 0 spiro atoms. The van der Waals surface area contributed by atoms with E-state index in [0.29, 0.717) is 30.9 Å². The molecule has 0 unspecified atom stereocenters. The molecule has 9 heteroatoms. The Bertz CT molecular complexity index is 1110. The van der Waals surface area contributed by atoms with Crippen LogP contribution in [0.5, 0.6) is 5.75 Å². The Kier molecular flexibility index (Phi) is 8.22. The van der Waals surface area contributed by atoms with Crippen LogP contribution in [0.2, 0.25) is 0 Å². The molecule has 0 aromatic heterocycles. The summed E-state index contributed by atoms with van der Waals surface area (Å²) in [5.41, 5.74) is 1.18. The highest BCUT2D eigenvalue weighted by atomic mass is 32.2. The maximum Gasteiger partial charge on any atom is 0.254 e. The van der Waals surface area contributed by atoms with Gasteiger partial charge in [-0.3, -0.25) is 4.79 Å². The van der Waals surface area contributed by atoms with E-state index in [1.165, 1.54) is 6.07 Å². The van der Waals surface area contributed by atoms with Gasteiger partial charge in [-0.1, -0.05) is 18.2 Å². The molecule has 34 heavy (non-hydrogen) atoms. The van der Waals surface area contributed by atoms with Crippen LogP contribution in [-0.2, 0) is 16.6 Å². The lowest BCUT2D eigenvalue weighted by molar-refractivity contribution is 0.0762. The predicted molar refractivity (Wildman–Crippen MR) is 135 cm³/mol. The number of nitrogens with zero attached hydrogens (tertiary/aromatic N) is 2. The molecule has 1 amide bonds. The maximum atomic E-state index is 13.4. The minimum absolute atomic E-state index is 0.0581. The summed E-state index contributed by atoms with van der Waals surface area (Å²) in [7, 11) is -0.181. The van der Waals surface area contributed by atoms with Gasteiger partial charge in [-0.25, -0.2) is 13.1 Å². The van der Waals surface area contributed by atoms with E-state index >= 15 is 0 Å². The average molecular weight is 489 g/mol. The lowest BCUT2D eigenvalue weighted by atomic mass is 10.1. The zero-order valence-electron chi connectivity index (χ0n) is 20.7. The van der Waals surface area contributed by atoms with Crippen molar-refractivity contribution in [2.75, 3.05) is 45.7 Å². The molecule has 0 aliphatic carbocycles. The third-order valence-corrected chi connectivity index (χ3v) is 7.32. The van der Waals surface area contributed by atoms with Gasteiger partial charge in [0.2, 0.25) is 10.0 Å². The largest absolute Gasteiger partial charge is 0.496 e. The van der Waals surface area contributed by atoms with Gasteiger partial charge in [-0.15, -0.1) is 0 Å². The number of sulfonamides is 1. The van der Waals surface area contributed by atoms with Crippen molar-refractivity contribution in [1.82, 2.24) is 14.5 Å². The number of hydrogen-bond acceptors (Lipinski definition) is 6. The number of ether oxygens (including phenoxy) is 1. The molecule has 8 nitrogen and oxygen atoms in total. The Hall–Kier alpha value is -2.62. The number of para-hydroxylation sites is 1. The molecule has 2 aromatic carbocycles. The Labute approximate surface area is 203 Å². The van der Waals surface area contributed by atoms with Crippen molar-refractivity contribution in [3.63, 3.8) is 0 Å². The van der Waals surface area contributed by atoms with E-state index in [9.17, 15) is 13.2 Å².